The van der Waals surface area contributed by atoms with Crippen molar-refractivity contribution in [1.29, 1.82) is 0 Å². The van der Waals surface area contributed by atoms with Crippen LogP contribution in [0.2, 0.25) is 19.6 Å². The van der Waals surface area contributed by atoms with Crippen molar-refractivity contribution < 1.29 is 0 Å². The largest absolute Gasteiger partial charge is 0.239 e. The summed E-state index contributed by atoms with van der Waals surface area (Å²) in [5, 5.41) is 3.69. The predicted molar refractivity (Wildman–Crippen MR) is 34.1 cm³/mol. The van der Waals surface area contributed by atoms with E-state index in [0.29, 0.717) is 0 Å². The van der Waals surface area contributed by atoms with Gasteiger partial charge in [-0.15, -0.1) is 0 Å². The first-order valence-electron chi connectivity index (χ1n) is 2.37. The van der Waals surface area contributed by atoms with E-state index < -0.39 is 8.24 Å². The summed E-state index contributed by atoms with van der Waals surface area (Å²) in [4.78, 5) is 0. The Morgan fingerprint density at radius 1 is 1.14 bits per heavy atom. The van der Waals surface area contributed by atoms with Crippen LogP contribution in [0.1, 0.15) is 0 Å². The number of nitrogens with zero attached hydrogens (tertiary/aromatic N) is 2. The summed E-state index contributed by atoms with van der Waals surface area (Å²) in [5.74, 6) is 0. The van der Waals surface area contributed by atoms with Gasteiger partial charge in [-0.3, -0.25) is 0 Å². The molecule has 0 aliphatic heterocycles. The minimum Gasteiger partial charge on any atom is -0.239 e. The second kappa shape index (κ2) is 2.21. The van der Waals surface area contributed by atoms with Gasteiger partial charge in [0.2, 0.25) is 0 Å². The average molecular weight is 116 g/mol. The van der Waals surface area contributed by atoms with E-state index in [1.165, 1.54) is 0 Å². The zero-order chi connectivity index (χ0) is 5.91. The molecule has 42 valence electrons. The average Bonchev–Trinajstić information content (AvgIpc) is 1.30. The summed E-state index contributed by atoms with van der Waals surface area (Å²) in [6.45, 7) is 6.46. The normalized spacial score (nSPS) is 13.1. The summed E-state index contributed by atoms with van der Waals surface area (Å²) >= 11 is 0. The molecular weight excluding hydrogens is 104 g/mol. The molecule has 0 saturated heterocycles. The summed E-state index contributed by atoms with van der Waals surface area (Å²) in [5.41, 5.74) is 0. The highest BCUT2D eigenvalue weighted by atomic mass is 28.3. The van der Waals surface area contributed by atoms with Crippen LogP contribution in [0.3, 0.4) is 0 Å². The van der Waals surface area contributed by atoms with Crippen molar-refractivity contribution >= 4 is 8.24 Å². The molecule has 0 aromatic carbocycles. The molecule has 0 N–H and O–H groups in total. The molecule has 3 heteroatoms. The number of hydrogen-bond acceptors (Lipinski definition) is 2. The predicted octanol–water partition coefficient (Wildman–Crippen LogP) is 1.90. The van der Waals surface area contributed by atoms with Gasteiger partial charge in [-0.1, -0.05) is 0 Å². The topological polar surface area (TPSA) is 24.7 Å². The fraction of sp³-hybridized carbons (Fsp3) is 1.00. The molecule has 0 spiro atoms. The molecule has 0 fully saturated rings. The molecular formula is C4H12N2Si. The smallest absolute Gasteiger partial charge is 0.200 e. The van der Waals surface area contributed by atoms with Crippen LogP contribution in [-0.2, 0) is 0 Å². The summed E-state index contributed by atoms with van der Waals surface area (Å²) < 4.78 is 4.02. The Bertz CT molecular complexity index is 72.2. The monoisotopic (exact) mass is 116 g/mol. The van der Waals surface area contributed by atoms with E-state index in [0.717, 1.165) is 0 Å². The third-order valence-corrected chi connectivity index (χ3v) is 1.20. The maximum Gasteiger partial charge on any atom is 0.200 e. The van der Waals surface area contributed by atoms with Crippen molar-refractivity contribution in [3.05, 3.63) is 0 Å². The molecule has 2 nitrogen and oxygen atoms in total. The van der Waals surface area contributed by atoms with Gasteiger partial charge >= 0.3 is 0 Å². The van der Waals surface area contributed by atoms with Gasteiger partial charge in [0.05, 0.1) is 0 Å². The molecule has 0 aliphatic rings. The molecule has 7 heavy (non-hydrogen) atoms. The molecule has 0 radical (unpaired) electrons. The second-order valence-electron chi connectivity index (χ2n) is 2.47. The van der Waals surface area contributed by atoms with E-state index in [1.54, 1.807) is 7.05 Å². The van der Waals surface area contributed by atoms with Gasteiger partial charge in [0.15, 0.2) is 8.24 Å². The van der Waals surface area contributed by atoms with E-state index >= 15 is 0 Å². The maximum absolute atomic E-state index is 4.02. The highest BCUT2D eigenvalue weighted by molar-refractivity contribution is 6.74. The number of rotatable bonds is 1. The lowest BCUT2D eigenvalue weighted by Crippen LogP contribution is -2.14. The Morgan fingerprint density at radius 3 is 1.57 bits per heavy atom. The Labute approximate surface area is 45.7 Å². The van der Waals surface area contributed by atoms with E-state index in [2.05, 4.69) is 29.5 Å². The molecule has 0 aromatic rings. The van der Waals surface area contributed by atoms with Crippen LogP contribution < -0.4 is 0 Å². The van der Waals surface area contributed by atoms with Crippen molar-refractivity contribution in [2.24, 2.45) is 9.89 Å². The minimum atomic E-state index is -1.20. The van der Waals surface area contributed by atoms with Crippen LogP contribution in [0.25, 0.3) is 0 Å². The first-order chi connectivity index (χ1) is 3.06. The van der Waals surface area contributed by atoms with E-state index in [4.69, 9.17) is 0 Å². The van der Waals surface area contributed by atoms with Gasteiger partial charge in [-0.25, -0.2) is 9.89 Å². The van der Waals surface area contributed by atoms with Crippen molar-refractivity contribution in [2.75, 3.05) is 7.05 Å². The van der Waals surface area contributed by atoms with Crippen LogP contribution in [-0.4, -0.2) is 15.3 Å². The molecule has 0 heterocycles. The molecule has 0 rings (SSSR count). The SMILES string of the molecule is C/N=N/[Si](C)(C)C. The van der Waals surface area contributed by atoms with E-state index in [1.807, 2.05) is 0 Å². The van der Waals surface area contributed by atoms with Gasteiger partial charge in [0.25, 0.3) is 0 Å². The highest BCUT2D eigenvalue weighted by Gasteiger charge is 2.09. The molecule has 0 aromatic heterocycles. The lowest BCUT2D eigenvalue weighted by molar-refractivity contribution is 1.19. The van der Waals surface area contributed by atoms with Crippen molar-refractivity contribution in [3.63, 3.8) is 0 Å². The molecule has 0 unspecified atom stereocenters. The Balaban J connectivity index is 3.56. The maximum atomic E-state index is 4.02. The Kier molecular flexibility index (Phi) is 2.15. The van der Waals surface area contributed by atoms with Crippen LogP contribution in [0, 0.1) is 0 Å². The Morgan fingerprint density at radius 2 is 1.57 bits per heavy atom. The van der Waals surface area contributed by atoms with Crippen molar-refractivity contribution in [2.45, 2.75) is 19.6 Å². The molecule has 0 atom stereocenters. The quantitative estimate of drug-likeness (QED) is 0.369. The minimum absolute atomic E-state index is 1.20. The summed E-state index contributed by atoms with van der Waals surface area (Å²) in [7, 11) is 0.522. The van der Waals surface area contributed by atoms with Gasteiger partial charge in [-0.2, -0.15) is 0 Å². The van der Waals surface area contributed by atoms with Crippen LogP contribution in [0.5, 0.6) is 0 Å². The zero-order valence-electron chi connectivity index (χ0n) is 5.39. The lowest BCUT2D eigenvalue weighted by Gasteiger charge is -2.02. The Hall–Kier alpha value is -0.183. The summed E-state index contributed by atoms with van der Waals surface area (Å²) in [6.07, 6.45) is 0. The first-order valence-corrected chi connectivity index (χ1v) is 5.82. The summed E-state index contributed by atoms with van der Waals surface area (Å²) in [6, 6.07) is 0. The molecule has 0 saturated carbocycles. The first kappa shape index (κ1) is 6.82. The van der Waals surface area contributed by atoms with Gasteiger partial charge < -0.3 is 0 Å². The van der Waals surface area contributed by atoms with Crippen LogP contribution >= 0.6 is 0 Å². The van der Waals surface area contributed by atoms with Crippen molar-refractivity contribution in [3.8, 4) is 0 Å². The van der Waals surface area contributed by atoms with Gasteiger partial charge in [-0.05, 0) is 19.6 Å². The third kappa shape index (κ3) is 5.82. The van der Waals surface area contributed by atoms with Crippen LogP contribution in [0.4, 0.5) is 0 Å². The fourth-order valence-electron chi connectivity index (χ4n) is 0.300. The fourth-order valence-corrected chi connectivity index (χ4v) is 0.900. The van der Waals surface area contributed by atoms with Gasteiger partial charge in [0.1, 0.15) is 0 Å². The van der Waals surface area contributed by atoms with Gasteiger partial charge in [0, 0.05) is 7.05 Å². The molecule has 0 amide bonds. The highest BCUT2D eigenvalue weighted by Crippen LogP contribution is 2.00. The van der Waals surface area contributed by atoms with Crippen LogP contribution in [0.15, 0.2) is 9.89 Å². The molecule has 0 bridgehead atoms. The van der Waals surface area contributed by atoms with Crippen molar-refractivity contribution in [1.82, 2.24) is 0 Å². The lowest BCUT2D eigenvalue weighted by atomic mass is 11.6. The van der Waals surface area contributed by atoms with E-state index in [9.17, 15) is 0 Å². The third-order valence-electron chi connectivity index (χ3n) is 0.400. The number of hydrogen-bond donors (Lipinski definition) is 0. The standard InChI is InChI=1S/C4H12N2Si/c1-5-6-7(2,3)4/h1-4H3/b6-5+. The second-order valence-corrected chi connectivity index (χ2v) is 7.01. The van der Waals surface area contributed by atoms with E-state index in [-0.39, 0.29) is 0 Å². The zero-order valence-corrected chi connectivity index (χ0v) is 6.39. The molecule has 0 aliphatic carbocycles.